The lowest BCUT2D eigenvalue weighted by Gasteiger charge is -2.04. The summed E-state index contributed by atoms with van der Waals surface area (Å²) >= 11 is 5.90. The standard InChI is InChI=1S/C7H16ClOSi/c1-3-5-6-7-10(8)9-4-2/h3-7H2,1-2H3. The van der Waals surface area contributed by atoms with Crippen LogP contribution >= 0.6 is 11.1 Å². The van der Waals surface area contributed by atoms with Crippen molar-refractivity contribution in [1.29, 1.82) is 0 Å². The minimum absolute atomic E-state index is 0.768. The molecule has 0 aliphatic heterocycles. The zero-order chi connectivity index (χ0) is 7.82. The Hall–Kier alpha value is 0.467. The third-order valence-corrected chi connectivity index (χ3v) is 3.52. The van der Waals surface area contributed by atoms with Crippen molar-refractivity contribution in [2.24, 2.45) is 0 Å². The van der Waals surface area contributed by atoms with Crippen molar-refractivity contribution in [3.63, 3.8) is 0 Å². The van der Waals surface area contributed by atoms with Crippen molar-refractivity contribution in [1.82, 2.24) is 0 Å². The summed E-state index contributed by atoms with van der Waals surface area (Å²) < 4.78 is 5.26. The first kappa shape index (κ1) is 10.5. The molecule has 0 bridgehead atoms. The van der Waals surface area contributed by atoms with Crippen LogP contribution in [-0.2, 0) is 4.43 Å². The Morgan fingerprint density at radius 2 is 2.00 bits per heavy atom. The summed E-state index contributed by atoms with van der Waals surface area (Å²) in [5.74, 6) is 0. The number of hydrogen-bond acceptors (Lipinski definition) is 1. The first-order valence-corrected chi connectivity index (χ1v) is 6.58. The second-order valence-corrected chi connectivity index (χ2v) is 5.01. The molecular formula is C7H16ClOSi. The van der Waals surface area contributed by atoms with Gasteiger partial charge >= 0.3 is 8.35 Å². The highest BCUT2D eigenvalue weighted by atomic mass is 35.6. The minimum Gasteiger partial charge on any atom is -0.403 e. The normalized spacial score (nSPS) is 10.8. The van der Waals surface area contributed by atoms with Gasteiger partial charge in [0.2, 0.25) is 0 Å². The van der Waals surface area contributed by atoms with E-state index in [9.17, 15) is 0 Å². The average molecular weight is 180 g/mol. The quantitative estimate of drug-likeness (QED) is 0.346. The third kappa shape index (κ3) is 6.58. The van der Waals surface area contributed by atoms with Crippen LogP contribution in [0.15, 0.2) is 0 Å². The summed E-state index contributed by atoms with van der Waals surface area (Å²) in [4.78, 5) is 0. The van der Waals surface area contributed by atoms with Crippen molar-refractivity contribution < 1.29 is 4.43 Å². The molecule has 0 N–H and O–H groups in total. The Morgan fingerprint density at radius 1 is 1.30 bits per heavy atom. The summed E-state index contributed by atoms with van der Waals surface area (Å²) in [5.41, 5.74) is 0. The lowest BCUT2D eigenvalue weighted by Crippen LogP contribution is -2.09. The van der Waals surface area contributed by atoms with Gasteiger partial charge in [0.15, 0.2) is 0 Å². The fraction of sp³-hybridized carbons (Fsp3) is 1.00. The Labute approximate surface area is 70.2 Å². The van der Waals surface area contributed by atoms with Crippen LogP contribution in [0.3, 0.4) is 0 Å². The molecule has 0 amide bonds. The predicted molar refractivity (Wildman–Crippen MR) is 47.6 cm³/mol. The fourth-order valence-electron chi connectivity index (χ4n) is 0.743. The highest BCUT2D eigenvalue weighted by Gasteiger charge is 2.06. The number of unbranched alkanes of at least 4 members (excludes halogenated alkanes) is 2. The molecule has 0 saturated heterocycles. The van der Waals surface area contributed by atoms with Gasteiger partial charge in [0, 0.05) is 6.61 Å². The summed E-state index contributed by atoms with van der Waals surface area (Å²) in [6.45, 7) is 4.96. The zero-order valence-electron chi connectivity index (χ0n) is 6.82. The average Bonchev–Trinajstić information content (AvgIpc) is 1.89. The van der Waals surface area contributed by atoms with Crippen LogP contribution in [0.5, 0.6) is 0 Å². The first-order chi connectivity index (χ1) is 4.81. The molecule has 0 spiro atoms. The molecule has 0 saturated carbocycles. The van der Waals surface area contributed by atoms with Crippen molar-refractivity contribution in [3.8, 4) is 0 Å². The molecule has 0 fully saturated rings. The molecular weight excluding hydrogens is 164 g/mol. The summed E-state index contributed by atoms with van der Waals surface area (Å²) in [5, 5.41) is 0. The number of hydrogen-bond donors (Lipinski definition) is 0. The highest BCUT2D eigenvalue weighted by molar-refractivity contribution is 7.03. The molecule has 0 atom stereocenters. The van der Waals surface area contributed by atoms with Gasteiger partial charge in [0.25, 0.3) is 0 Å². The zero-order valence-corrected chi connectivity index (χ0v) is 8.58. The van der Waals surface area contributed by atoms with E-state index in [0.717, 1.165) is 12.7 Å². The molecule has 0 aliphatic rings. The van der Waals surface area contributed by atoms with Gasteiger partial charge in [-0.2, -0.15) is 0 Å². The van der Waals surface area contributed by atoms with Crippen molar-refractivity contribution in [2.45, 2.75) is 39.2 Å². The van der Waals surface area contributed by atoms with E-state index >= 15 is 0 Å². The van der Waals surface area contributed by atoms with Gasteiger partial charge in [-0.15, -0.1) is 11.1 Å². The maximum absolute atomic E-state index is 5.90. The smallest absolute Gasteiger partial charge is 0.323 e. The van der Waals surface area contributed by atoms with E-state index in [-0.39, 0.29) is 0 Å². The first-order valence-electron chi connectivity index (χ1n) is 3.95. The summed E-state index contributed by atoms with van der Waals surface area (Å²) in [7, 11) is -0.941. The maximum Gasteiger partial charge on any atom is 0.323 e. The van der Waals surface area contributed by atoms with Gasteiger partial charge < -0.3 is 4.43 Å². The predicted octanol–water partition coefficient (Wildman–Crippen LogP) is 2.94. The molecule has 0 heterocycles. The van der Waals surface area contributed by atoms with Gasteiger partial charge in [0.05, 0.1) is 0 Å². The van der Waals surface area contributed by atoms with E-state index in [4.69, 9.17) is 15.5 Å². The topological polar surface area (TPSA) is 9.23 Å². The summed E-state index contributed by atoms with van der Waals surface area (Å²) in [6.07, 6.45) is 3.78. The second kappa shape index (κ2) is 7.57. The minimum atomic E-state index is -0.941. The number of halogens is 1. The second-order valence-electron chi connectivity index (χ2n) is 2.25. The van der Waals surface area contributed by atoms with E-state index in [1.54, 1.807) is 0 Å². The van der Waals surface area contributed by atoms with Gasteiger partial charge in [-0.1, -0.05) is 26.2 Å². The van der Waals surface area contributed by atoms with Crippen LogP contribution in [0.25, 0.3) is 0 Å². The van der Waals surface area contributed by atoms with Crippen LogP contribution in [0, 0.1) is 0 Å². The van der Waals surface area contributed by atoms with E-state index in [2.05, 4.69) is 6.92 Å². The van der Waals surface area contributed by atoms with Gasteiger partial charge in [-0.05, 0) is 13.0 Å². The van der Waals surface area contributed by atoms with Crippen LogP contribution in [0.4, 0.5) is 0 Å². The van der Waals surface area contributed by atoms with Crippen molar-refractivity contribution >= 4 is 19.4 Å². The van der Waals surface area contributed by atoms with E-state index in [1.807, 2.05) is 6.92 Å². The Balaban J connectivity index is 2.97. The molecule has 10 heavy (non-hydrogen) atoms. The van der Waals surface area contributed by atoms with Crippen LogP contribution in [-0.4, -0.2) is 15.0 Å². The molecule has 0 aromatic heterocycles. The monoisotopic (exact) mass is 179 g/mol. The summed E-state index contributed by atoms with van der Waals surface area (Å²) in [6, 6.07) is 1.09. The Kier molecular flexibility index (Phi) is 7.93. The largest absolute Gasteiger partial charge is 0.403 e. The SMILES string of the molecule is CCCCC[Si](Cl)OCC. The Bertz CT molecular complexity index is 70.6. The lowest BCUT2D eigenvalue weighted by molar-refractivity contribution is 0.353. The third-order valence-electron chi connectivity index (χ3n) is 1.28. The molecule has 61 valence electrons. The Morgan fingerprint density at radius 3 is 2.50 bits per heavy atom. The lowest BCUT2D eigenvalue weighted by atomic mass is 10.3. The maximum atomic E-state index is 5.90. The molecule has 1 radical (unpaired) electrons. The molecule has 0 aromatic carbocycles. The van der Waals surface area contributed by atoms with Crippen LogP contribution < -0.4 is 0 Å². The fourth-order valence-corrected chi connectivity index (χ4v) is 2.46. The van der Waals surface area contributed by atoms with Crippen molar-refractivity contribution in [2.75, 3.05) is 6.61 Å². The molecule has 1 nitrogen and oxygen atoms in total. The number of rotatable bonds is 6. The van der Waals surface area contributed by atoms with E-state index in [0.29, 0.717) is 0 Å². The van der Waals surface area contributed by atoms with E-state index in [1.165, 1.54) is 19.3 Å². The molecule has 3 heteroatoms. The molecule has 0 unspecified atom stereocenters. The molecule has 0 aliphatic carbocycles. The van der Waals surface area contributed by atoms with Crippen molar-refractivity contribution in [3.05, 3.63) is 0 Å². The van der Waals surface area contributed by atoms with Gasteiger partial charge in [-0.25, -0.2) is 0 Å². The van der Waals surface area contributed by atoms with Gasteiger partial charge in [-0.3, -0.25) is 0 Å². The molecule has 0 rings (SSSR count). The highest BCUT2D eigenvalue weighted by Crippen LogP contribution is 2.07. The van der Waals surface area contributed by atoms with Crippen LogP contribution in [0.2, 0.25) is 6.04 Å². The van der Waals surface area contributed by atoms with Gasteiger partial charge in [0.1, 0.15) is 0 Å². The van der Waals surface area contributed by atoms with E-state index < -0.39 is 8.35 Å². The van der Waals surface area contributed by atoms with Crippen LogP contribution in [0.1, 0.15) is 33.1 Å². The molecule has 0 aromatic rings.